The Morgan fingerprint density at radius 2 is 1.79 bits per heavy atom. The van der Waals surface area contributed by atoms with Crippen LogP contribution in [0.15, 0.2) is 18.2 Å². The summed E-state index contributed by atoms with van der Waals surface area (Å²) >= 11 is 0. The molecule has 8 heteroatoms. The van der Waals surface area contributed by atoms with Crippen molar-refractivity contribution in [2.75, 3.05) is 33.9 Å². The molecule has 1 saturated heterocycles. The van der Waals surface area contributed by atoms with E-state index in [1.165, 1.54) is 6.42 Å². The summed E-state index contributed by atoms with van der Waals surface area (Å²) in [6.45, 7) is 1.05. The van der Waals surface area contributed by atoms with Gasteiger partial charge in [-0.2, -0.15) is 0 Å². The lowest BCUT2D eigenvalue weighted by Crippen LogP contribution is -2.44. The molecule has 3 rings (SSSR count). The minimum atomic E-state index is -0.662. The monoisotopic (exact) mass is 406 g/mol. The molecule has 1 aromatic rings. The molecule has 160 valence electrons. The second-order valence-corrected chi connectivity index (χ2v) is 7.43. The highest BCUT2D eigenvalue weighted by atomic mass is 16.7. The van der Waals surface area contributed by atoms with Crippen molar-refractivity contribution < 1.29 is 28.5 Å². The normalized spacial score (nSPS) is 20.3. The molecule has 29 heavy (non-hydrogen) atoms. The Balaban J connectivity index is 1.37. The smallest absolute Gasteiger partial charge is 0.309 e. The number of methoxy groups -OCH3 is 2. The first-order chi connectivity index (χ1) is 14.0. The topological polar surface area (TPSA) is 95.1 Å². The van der Waals surface area contributed by atoms with Crippen LogP contribution in [0.5, 0.6) is 11.5 Å². The molecule has 1 heterocycles. The minimum absolute atomic E-state index is 0.211. The van der Waals surface area contributed by atoms with Gasteiger partial charge in [-0.25, -0.2) is 0 Å². The maximum absolute atomic E-state index is 12.0. The van der Waals surface area contributed by atoms with E-state index < -0.39 is 17.6 Å². The molecule has 2 amide bonds. The molecule has 0 unspecified atom stereocenters. The first kappa shape index (κ1) is 21.4. The van der Waals surface area contributed by atoms with Crippen molar-refractivity contribution in [3.05, 3.63) is 23.8 Å². The van der Waals surface area contributed by atoms with Crippen molar-refractivity contribution in [1.82, 2.24) is 10.6 Å². The van der Waals surface area contributed by atoms with Gasteiger partial charge in [0, 0.05) is 25.9 Å². The largest absolute Gasteiger partial charge is 0.493 e. The van der Waals surface area contributed by atoms with Gasteiger partial charge < -0.3 is 29.6 Å². The molecule has 0 bridgehead atoms. The van der Waals surface area contributed by atoms with E-state index in [1.807, 2.05) is 18.2 Å². The van der Waals surface area contributed by atoms with Gasteiger partial charge in [-0.3, -0.25) is 9.59 Å². The fourth-order valence-electron chi connectivity index (χ4n) is 3.79. The molecule has 2 N–H and O–H groups in total. The zero-order valence-corrected chi connectivity index (χ0v) is 17.1. The van der Waals surface area contributed by atoms with E-state index in [4.69, 9.17) is 18.9 Å². The highest BCUT2D eigenvalue weighted by Crippen LogP contribution is 2.37. The van der Waals surface area contributed by atoms with E-state index in [1.54, 1.807) is 14.2 Å². The Morgan fingerprint density at radius 3 is 2.52 bits per heavy atom. The van der Waals surface area contributed by atoms with Crippen LogP contribution in [0.1, 0.15) is 37.7 Å². The van der Waals surface area contributed by atoms with Crippen LogP contribution in [0.2, 0.25) is 0 Å². The van der Waals surface area contributed by atoms with E-state index in [2.05, 4.69) is 10.6 Å². The molecule has 1 aliphatic heterocycles. The average Bonchev–Trinajstić information content (AvgIpc) is 3.14. The van der Waals surface area contributed by atoms with Gasteiger partial charge in [0.1, 0.15) is 6.10 Å². The lowest BCUT2D eigenvalue weighted by molar-refractivity contribution is -0.186. The first-order valence-electron chi connectivity index (χ1n) is 10.1. The van der Waals surface area contributed by atoms with E-state index in [9.17, 15) is 9.59 Å². The van der Waals surface area contributed by atoms with Gasteiger partial charge in [-0.05, 0) is 37.0 Å². The van der Waals surface area contributed by atoms with Crippen LogP contribution < -0.4 is 20.1 Å². The Labute approximate surface area is 171 Å². The fraction of sp³-hybridized carbons (Fsp3) is 0.619. The van der Waals surface area contributed by atoms with Crippen LogP contribution in [0.25, 0.3) is 0 Å². The molecular formula is C21H30N2O6. The number of carbonyl (C=O) groups excluding carboxylic acids is 2. The highest BCUT2D eigenvalue weighted by molar-refractivity contribution is 6.35. The van der Waals surface area contributed by atoms with E-state index in [-0.39, 0.29) is 12.6 Å². The lowest BCUT2D eigenvalue weighted by atomic mass is 9.94. The summed E-state index contributed by atoms with van der Waals surface area (Å²) in [5, 5.41) is 5.27. The van der Waals surface area contributed by atoms with Gasteiger partial charge in [0.05, 0.1) is 20.8 Å². The maximum atomic E-state index is 12.0. The van der Waals surface area contributed by atoms with Gasteiger partial charge >= 0.3 is 11.8 Å². The van der Waals surface area contributed by atoms with E-state index in [0.717, 1.165) is 31.2 Å². The van der Waals surface area contributed by atoms with E-state index >= 15 is 0 Å². The molecule has 1 atom stereocenters. The number of nitrogens with one attached hydrogen (secondary N) is 2. The zero-order chi connectivity index (χ0) is 20.7. The number of amides is 2. The standard InChI is InChI=1S/C21H30N2O6/c1-26-17-7-6-15(12-18(17)27-2)8-11-22-19(24)20(25)23-13-16-14-28-21(29-16)9-4-3-5-10-21/h6-7,12,16H,3-5,8-11,13-14H2,1-2H3,(H,22,24)(H,23,25)/t16-/m1/s1. The predicted molar refractivity (Wildman–Crippen MR) is 106 cm³/mol. The van der Waals surface area contributed by atoms with E-state index in [0.29, 0.717) is 31.1 Å². The van der Waals surface area contributed by atoms with Crippen molar-refractivity contribution in [2.24, 2.45) is 0 Å². The molecule has 1 saturated carbocycles. The van der Waals surface area contributed by atoms with Crippen molar-refractivity contribution in [3.63, 3.8) is 0 Å². The second-order valence-electron chi connectivity index (χ2n) is 7.43. The van der Waals surface area contributed by atoms with Crippen LogP contribution in [0, 0.1) is 0 Å². The first-order valence-corrected chi connectivity index (χ1v) is 10.1. The van der Waals surface area contributed by atoms with Crippen LogP contribution in [0.3, 0.4) is 0 Å². The predicted octanol–water partition coefficient (Wildman–Crippen LogP) is 1.55. The van der Waals surface area contributed by atoms with Crippen molar-refractivity contribution in [3.8, 4) is 11.5 Å². The zero-order valence-electron chi connectivity index (χ0n) is 17.1. The lowest BCUT2D eigenvalue weighted by Gasteiger charge is -2.31. The summed E-state index contributed by atoms with van der Waals surface area (Å²) < 4.78 is 22.3. The summed E-state index contributed by atoms with van der Waals surface area (Å²) in [6.07, 6.45) is 5.56. The van der Waals surface area contributed by atoms with Crippen molar-refractivity contribution in [1.29, 1.82) is 0 Å². The quantitative estimate of drug-likeness (QED) is 0.668. The van der Waals surface area contributed by atoms with Crippen LogP contribution >= 0.6 is 0 Å². The third-order valence-electron chi connectivity index (χ3n) is 5.37. The SMILES string of the molecule is COc1ccc(CCNC(=O)C(=O)NC[C@@H]2COC3(CCCCC3)O2)cc1OC. The average molecular weight is 406 g/mol. The molecule has 8 nitrogen and oxygen atoms in total. The molecule has 0 radical (unpaired) electrons. The Hall–Kier alpha value is -2.32. The molecule has 0 aromatic heterocycles. The summed E-state index contributed by atoms with van der Waals surface area (Å²) in [5.41, 5.74) is 0.970. The maximum Gasteiger partial charge on any atom is 0.309 e. The highest BCUT2D eigenvalue weighted by Gasteiger charge is 2.42. The van der Waals surface area contributed by atoms with Gasteiger partial charge in [0.15, 0.2) is 17.3 Å². The third kappa shape index (κ3) is 5.61. The van der Waals surface area contributed by atoms with Gasteiger partial charge in [0.25, 0.3) is 0 Å². The summed E-state index contributed by atoms with van der Waals surface area (Å²) in [4.78, 5) is 24.1. The van der Waals surface area contributed by atoms with Crippen molar-refractivity contribution in [2.45, 2.75) is 50.4 Å². The number of rotatable bonds is 7. The fourth-order valence-corrected chi connectivity index (χ4v) is 3.79. The summed E-state index contributed by atoms with van der Waals surface area (Å²) in [5.74, 6) is -0.520. The number of hydrogen-bond acceptors (Lipinski definition) is 6. The Kier molecular flexibility index (Phi) is 7.33. The van der Waals surface area contributed by atoms with Gasteiger partial charge in [0.2, 0.25) is 0 Å². The van der Waals surface area contributed by atoms with Crippen molar-refractivity contribution >= 4 is 11.8 Å². The number of ether oxygens (including phenoxy) is 4. The molecule has 1 aromatic carbocycles. The Bertz CT molecular complexity index is 717. The molecule has 2 fully saturated rings. The van der Waals surface area contributed by atoms with Crippen LogP contribution in [-0.4, -0.2) is 57.6 Å². The third-order valence-corrected chi connectivity index (χ3v) is 5.37. The van der Waals surface area contributed by atoms with Crippen LogP contribution in [-0.2, 0) is 25.5 Å². The molecule has 1 spiro atoms. The number of hydrogen-bond donors (Lipinski definition) is 2. The van der Waals surface area contributed by atoms with Gasteiger partial charge in [-0.15, -0.1) is 0 Å². The summed E-state index contributed by atoms with van der Waals surface area (Å²) in [7, 11) is 3.15. The minimum Gasteiger partial charge on any atom is -0.493 e. The summed E-state index contributed by atoms with van der Waals surface area (Å²) in [6, 6.07) is 5.56. The van der Waals surface area contributed by atoms with Crippen LogP contribution in [0.4, 0.5) is 0 Å². The second kappa shape index (κ2) is 9.93. The molecule has 1 aliphatic carbocycles. The molecular weight excluding hydrogens is 376 g/mol. The number of carbonyl (C=O) groups is 2. The molecule has 2 aliphatic rings. The number of benzene rings is 1. The van der Waals surface area contributed by atoms with Gasteiger partial charge in [-0.1, -0.05) is 12.5 Å². The Morgan fingerprint density at radius 1 is 1.07 bits per heavy atom.